The lowest BCUT2D eigenvalue weighted by atomic mass is 10.1. The molecule has 1 aromatic carbocycles. The zero-order valence-corrected chi connectivity index (χ0v) is 12.6. The van der Waals surface area contributed by atoms with Gasteiger partial charge < -0.3 is 9.47 Å². The second-order valence-electron chi connectivity index (χ2n) is 4.31. The van der Waals surface area contributed by atoms with Crippen molar-refractivity contribution in [2.75, 3.05) is 14.2 Å². The molecule has 0 unspecified atom stereocenters. The molecular weight excluding hydrogens is 278 g/mol. The van der Waals surface area contributed by atoms with Crippen LogP contribution in [0.15, 0.2) is 66.8 Å². The molecule has 1 aromatic rings. The zero-order valence-electron chi connectivity index (χ0n) is 12.6. The normalized spacial score (nSPS) is 10.4. The molecule has 0 aliphatic heterocycles. The van der Waals surface area contributed by atoms with E-state index in [-0.39, 0.29) is 5.78 Å². The Labute approximate surface area is 130 Å². The molecule has 0 aliphatic carbocycles. The predicted molar refractivity (Wildman–Crippen MR) is 86.0 cm³/mol. The average Bonchev–Trinajstić information content (AvgIpc) is 2.56. The second kappa shape index (κ2) is 8.28. The molecule has 22 heavy (non-hydrogen) atoms. The lowest BCUT2D eigenvalue weighted by Gasteiger charge is -2.07. The number of carbonyl (C=O) groups is 1. The van der Waals surface area contributed by atoms with Crippen molar-refractivity contribution in [3.8, 4) is 17.6 Å². The largest absolute Gasteiger partial charge is 0.493 e. The third-order valence-corrected chi connectivity index (χ3v) is 2.76. The number of methoxy groups -OCH3 is 2. The van der Waals surface area contributed by atoms with E-state index in [0.717, 1.165) is 0 Å². The van der Waals surface area contributed by atoms with Gasteiger partial charge in [0.15, 0.2) is 17.3 Å². The van der Waals surface area contributed by atoms with Gasteiger partial charge in [-0.25, -0.2) is 0 Å². The number of hydrogen-bond donors (Lipinski definition) is 0. The molecule has 0 fully saturated rings. The summed E-state index contributed by atoms with van der Waals surface area (Å²) < 4.78 is 10.3. The SMILES string of the molecule is C=C(C#N)C=CC(=C)C=CC(=O)c1ccc(OC)c(OC)c1. The summed E-state index contributed by atoms with van der Waals surface area (Å²) in [5.74, 6) is 0.866. The number of benzene rings is 1. The first kappa shape index (κ1) is 17.0. The van der Waals surface area contributed by atoms with Crippen LogP contribution in [0.3, 0.4) is 0 Å². The number of carbonyl (C=O) groups excluding carboxylic acids is 1. The highest BCUT2D eigenvalue weighted by molar-refractivity contribution is 6.05. The lowest BCUT2D eigenvalue weighted by molar-refractivity contribution is 0.104. The molecule has 0 atom stereocenters. The molecule has 0 spiro atoms. The highest BCUT2D eigenvalue weighted by Crippen LogP contribution is 2.27. The molecule has 0 heterocycles. The minimum absolute atomic E-state index is 0.186. The molecule has 112 valence electrons. The molecule has 4 heteroatoms. The highest BCUT2D eigenvalue weighted by Gasteiger charge is 2.08. The van der Waals surface area contributed by atoms with Gasteiger partial charge >= 0.3 is 0 Å². The zero-order chi connectivity index (χ0) is 16.5. The van der Waals surface area contributed by atoms with E-state index in [9.17, 15) is 4.79 Å². The predicted octanol–water partition coefficient (Wildman–Crippen LogP) is 3.63. The third-order valence-electron chi connectivity index (χ3n) is 2.76. The van der Waals surface area contributed by atoms with Gasteiger partial charge in [0.05, 0.1) is 20.3 Å². The number of allylic oxidation sites excluding steroid dienone is 6. The second-order valence-corrected chi connectivity index (χ2v) is 4.31. The van der Waals surface area contributed by atoms with Crippen LogP contribution in [0.25, 0.3) is 0 Å². The highest BCUT2D eigenvalue weighted by atomic mass is 16.5. The summed E-state index contributed by atoms with van der Waals surface area (Å²) in [6.45, 7) is 7.28. The van der Waals surface area contributed by atoms with Gasteiger partial charge in [-0.3, -0.25) is 4.79 Å². The number of nitriles is 1. The topological polar surface area (TPSA) is 59.3 Å². The Hall–Kier alpha value is -3.06. The van der Waals surface area contributed by atoms with Gasteiger partial charge in [-0.05, 0) is 35.9 Å². The average molecular weight is 295 g/mol. The van der Waals surface area contributed by atoms with Crippen molar-refractivity contribution in [3.63, 3.8) is 0 Å². The van der Waals surface area contributed by atoms with Crippen molar-refractivity contribution in [2.24, 2.45) is 0 Å². The molecule has 0 aromatic heterocycles. The van der Waals surface area contributed by atoms with Crippen molar-refractivity contribution in [1.29, 1.82) is 5.26 Å². The maximum atomic E-state index is 12.1. The summed E-state index contributed by atoms with van der Waals surface area (Å²) >= 11 is 0. The lowest BCUT2D eigenvalue weighted by Crippen LogP contribution is -1.97. The van der Waals surface area contributed by atoms with E-state index in [1.165, 1.54) is 26.4 Å². The summed E-state index contributed by atoms with van der Waals surface area (Å²) in [4.78, 5) is 12.1. The van der Waals surface area contributed by atoms with Crippen LogP contribution in [0.5, 0.6) is 11.5 Å². The number of hydrogen-bond acceptors (Lipinski definition) is 4. The molecule has 0 aliphatic rings. The van der Waals surface area contributed by atoms with Crippen LogP contribution in [0, 0.1) is 11.3 Å². The van der Waals surface area contributed by atoms with Crippen molar-refractivity contribution < 1.29 is 14.3 Å². The van der Waals surface area contributed by atoms with Crippen molar-refractivity contribution >= 4 is 5.78 Å². The summed E-state index contributed by atoms with van der Waals surface area (Å²) in [6, 6.07) is 6.84. The van der Waals surface area contributed by atoms with E-state index < -0.39 is 0 Å². The quantitative estimate of drug-likeness (QED) is 0.333. The minimum Gasteiger partial charge on any atom is -0.493 e. The Morgan fingerprint density at radius 1 is 1.09 bits per heavy atom. The first-order valence-corrected chi connectivity index (χ1v) is 6.42. The van der Waals surface area contributed by atoms with Crippen molar-refractivity contribution in [3.05, 3.63) is 72.4 Å². The first-order valence-electron chi connectivity index (χ1n) is 6.42. The summed E-state index contributed by atoms with van der Waals surface area (Å²) in [5.41, 5.74) is 1.39. The summed E-state index contributed by atoms with van der Waals surface area (Å²) in [7, 11) is 3.04. The molecule has 1 rings (SSSR count). The molecule has 0 amide bonds. The smallest absolute Gasteiger partial charge is 0.185 e. The number of nitrogens with zero attached hydrogens (tertiary/aromatic N) is 1. The molecule has 0 bridgehead atoms. The van der Waals surface area contributed by atoms with Gasteiger partial charge in [0.1, 0.15) is 0 Å². The van der Waals surface area contributed by atoms with Gasteiger partial charge in [-0.1, -0.05) is 25.3 Å². The number of ketones is 1. The van der Waals surface area contributed by atoms with E-state index in [4.69, 9.17) is 14.7 Å². The first-order chi connectivity index (χ1) is 10.5. The van der Waals surface area contributed by atoms with E-state index in [2.05, 4.69) is 13.2 Å². The van der Waals surface area contributed by atoms with Crippen LogP contribution in [0.4, 0.5) is 0 Å². The Kier molecular flexibility index (Phi) is 6.39. The Bertz CT molecular complexity index is 691. The Morgan fingerprint density at radius 2 is 1.73 bits per heavy atom. The fourth-order valence-corrected chi connectivity index (χ4v) is 1.57. The maximum Gasteiger partial charge on any atom is 0.185 e. The van der Waals surface area contributed by atoms with Crippen LogP contribution in [0.2, 0.25) is 0 Å². The van der Waals surface area contributed by atoms with Crippen LogP contribution >= 0.6 is 0 Å². The fraction of sp³-hybridized carbons (Fsp3) is 0.111. The molecular formula is C18H17NO3. The van der Waals surface area contributed by atoms with Crippen LogP contribution in [-0.2, 0) is 0 Å². The van der Waals surface area contributed by atoms with Gasteiger partial charge in [0, 0.05) is 11.1 Å². The van der Waals surface area contributed by atoms with E-state index in [0.29, 0.717) is 28.2 Å². The van der Waals surface area contributed by atoms with Gasteiger partial charge in [0.2, 0.25) is 0 Å². The van der Waals surface area contributed by atoms with Gasteiger partial charge in [-0.15, -0.1) is 0 Å². The van der Waals surface area contributed by atoms with Crippen molar-refractivity contribution in [2.45, 2.75) is 0 Å². The molecule has 0 saturated carbocycles. The Morgan fingerprint density at radius 3 is 2.32 bits per heavy atom. The standard InChI is InChI=1S/C18H17NO3/c1-13(5-6-14(2)12-19)7-9-16(20)15-8-10-17(21-3)18(11-15)22-4/h5-11H,1-2H2,3-4H3. The molecule has 0 saturated heterocycles. The number of rotatable bonds is 7. The summed E-state index contributed by atoms with van der Waals surface area (Å²) in [5, 5.41) is 8.58. The van der Waals surface area contributed by atoms with Crippen LogP contribution in [0.1, 0.15) is 10.4 Å². The van der Waals surface area contributed by atoms with Gasteiger partial charge in [0.25, 0.3) is 0 Å². The van der Waals surface area contributed by atoms with E-state index in [1.54, 1.807) is 30.4 Å². The van der Waals surface area contributed by atoms with Gasteiger partial charge in [-0.2, -0.15) is 5.26 Å². The van der Waals surface area contributed by atoms with Crippen LogP contribution in [-0.4, -0.2) is 20.0 Å². The molecule has 4 nitrogen and oxygen atoms in total. The molecule has 0 N–H and O–H groups in total. The summed E-state index contributed by atoms with van der Waals surface area (Å²) in [6.07, 6.45) is 6.13. The Balaban J connectivity index is 2.83. The number of ether oxygens (including phenoxy) is 2. The van der Waals surface area contributed by atoms with Crippen molar-refractivity contribution in [1.82, 2.24) is 0 Å². The maximum absolute atomic E-state index is 12.1. The minimum atomic E-state index is -0.186. The van der Waals surface area contributed by atoms with E-state index in [1.807, 2.05) is 6.07 Å². The monoisotopic (exact) mass is 295 g/mol. The van der Waals surface area contributed by atoms with E-state index >= 15 is 0 Å². The molecule has 0 radical (unpaired) electrons. The van der Waals surface area contributed by atoms with Crippen LogP contribution < -0.4 is 9.47 Å². The third kappa shape index (κ3) is 4.80. The fourth-order valence-electron chi connectivity index (χ4n) is 1.57.